The second kappa shape index (κ2) is 33.9. The van der Waals surface area contributed by atoms with Crippen LogP contribution < -0.4 is 5.32 Å². The topological polar surface area (TPSA) is 189 Å². The maximum absolute atomic E-state index is 13.0. The lowest BCUT2D eigenvalue weighted by Crippen LogP contribution is -2.60. The Morgan fingerprint density at radius 2 is 1.07 bits per heavy atom. The highest BCUT2D eigenvalue weighted by atomic mass is 16.7. The van der Waals surface area contributed by atoms with Crippen LogP contribution in [0.4, 0.5) is 0 Å². The van der Waals surface area contributed by atoms with E-state index in [1.165, 1.54) is 96.3 Å². The van der Waals surface area contributed by atoms with Gasteiger partial charge in [0.15, 0.2) is 6.29 Å². The first kappa shape index (κ1) is 50.9. The van der Waals surface area contributed by atoms with Gasteiger partial charge in [0.2, 0.25) is 5.91 Å². The lowest BCUT2D eigenvalue weighted by atomic mass is 9.98. The average molecular weight is 774 g/mol. The summed E-state index contributed by atoms with van der Waals surface area (Å²) in [6.45, 7) is 3.39. The highest BCUT2D eigenvalue weighted by Gasteiger charge is 2.44. The van der Waals surface area contributed by atoms with E-state index in [4.69, 9.17) is 9.47 Å². The molecule has 1 fully saturated rings. The minimum atomic E-state index is -1.66. The third kappa shape index (κ3) is 23.8. The van der Waals surface area contributed by atoms with Crippen LogP contribution >= 0.6 is 0 Å². The number of aliphatic hydroxyl groups excluding tert-OH is 7. The number of hydrogen-bond acceptors (Lipinski definition) is 10. The summed E-state index contributed by atoms with van der Waals surface area (Å²) in [6, 6.07) is -1.16. The smallest absolute Gasteiger partial charge is 0.249 e. The molecule has 1 heterocycles. The summed E-state index contributed by atoms with van der Waals surface area (Å²) in [4.78, 5) is 13.0. The Morgan fingerprint density at radius 1 is 0.630 bits per heavy atom. The van der Waals surface area contributed by atoms with Crippen molar-refractivity contribution >= 4 is 5.91 Å². The molecule has 54 heavy (non-hydrogen) atoms. The van der Waals surface area contributed by atoms with E-state index in [1.807, 2.05) is 0 Å². The largest absolute Gasteiger partial charge is 0.394 e. The predicted molar refractivity (Wildman–Crippen MR) is 215 cm³/mol. The van der Waals surface area contributed by atoms with E-state index in [1.54, 1.807) is 0 Å². The molecular weight excluding hydrogens is 690 g/mol. The predicted octanol–water partition coefficient (Wildman–Crippen LogP) is 6.50. The van der Waals surface area contributed by atoms with Gasteiger partial charge < -0.3 is 50.5 Å². The van der Waals surface area contributed by atoms with Crippen LogP contribution in [0.2, 0.25) is 0 Å². The molecule has 0 saturated carbocycles. The van der Waals surface area contributed by atoms with Crippen LogP contribution in [-0.2, 0) is 14.3 Å². The van der Waals surface area contributed by atoms with Crippen molar-refractivity contribution in [1.29, 1.82) is 0 Å². The fraction of sp³-hybridized carbons (Fsp3) is 0.930. The van der Waals surface area contributed by atoms with Crippen LogP contribution in [0, 0.1) is 0 Å². The third-order valence-electron chi connectivity index (χ3n) is 10.8. The van der Waals surface area contributed by atoms with Crippen LogP contribution in [0.5, 0.6) is 0 Å². The van der Waals surface area contributed by atoms with E-state index in [9.17, 15) is 40.5 Å². The highest BCUT2D eigenvalue weighted by molar-refractivity contribution is 5.80. The first-order valence-corrected chi connectivity index (χ1v) is 22.1. The number of hydrogen-bond donors (Lipinski definition) is 8. The van der Waals surface area contributed by atoms with Crippen LogP contribution in [0.1, 0.15) is 187 Å². The molecule has 0 bridgehead atoms. The summed E-state index contributed by atoms with van der Waals surface area (Å²) >= 11 is 0. The number of nitrogens with one attached hydrogen (secondary N) is 1. The number of amides is 1. The van der Waals surface area contributed by atoms with Crippen molar-refractivity contribution in [2.24, 2.45) is 0 Å². The number of carbonyl (C=O) groups is 1. The molecular formula is C43H83NO10. The first-order valence-electron chi connectivity index (χ1n) is 22.1. The molecule has 9 unspecified atom stereocenters. The second-order valence-electron chi connectivity index (χ2n) is 15.8. The van der Waals surface area contributed by atoms with Crippen molar-refractivity contribution in [2.75, 3.05) is 13.2 Å². The monoisotopic (exact) mass is 774 g/mol. The average Bonchev–Trinajstić information content (AvgIpc) is 3.17. The number of unbranched alkanes of at least 4 members (excludes halogenated alkanes) is 22. The molecule has 11 nitrogen and oxygen atoms in total. The van der Waals surface area contributed by atoms with Gasteiger partial charge in [0.05, 0.1) is 25.4 Å². The Labute approximate surface area is 328 Å². The maximum Gasteiger partial charge on any atom is 0.249 e. The Bertz CT molecular complexity index is 892. The zero-order valence-corrected chi connectivity index (χ0v) is 34.2. The SMILES string of the molecule is CCCCCCCCCC/C=C\CCCCCCCCC(O)C(=O)NC(COC1OC(CO)C(O)C(O)C1O)C(O)C(O)CCCCCCCCCCC. The van der Waals surface area contributed by atoms with E-state index in [0.29, 0.717) is 19.3 Å². The van der Waals surface area contributed by atoms with Crippen LogP contribution in [0.25, 0.3) is 0 Å². The van der Waals surface area contributed by atoms with Gasteiger partial charge in [-0.3, -0.25) is 4.79 Å². The molecule has 0 aromatic heterocycles. The van der Waals surface area contributed by atoms with E-state index in [2.05, 4.69) is 31.3 Å². The normalized spacial score (nSPS) is 22.7. The fourth-order valence-corrected chi connectivity index (χ4v) is 7.08. The summed E-state index contributed by atoms with van der Waals surface area (Å²) in [5, 5.41) is 75.3. The van der Waals surface area contributed by atoms with E-state index in [-0.39, 0.29) is 6.42 Å². The van der Waals surface area contributed by atoms with Crippen molar-refractivity contribution in [1.82, 2.24) is 5.32 Å². The summed E-state index contributed by atoms with van der Waals surface area (Å²) in [7, 11) is 0. The second-order valence-corrected chi connectivity index (χ2v) is 15.8. The molecule has 8 N–H and O–H groups in total. The third-order valence-corrected chi connectivity index (χ3v) is 10.8. The van der Waals surface area contributed by atoms with Gasteiger partial charge in [0, 0.05) is 0 Å². The van der Waals surface area contributed by atoms with Crippen LogP contribution in [-0.4, -0.2) is 110 Å². The van der Waals surface area contributed by atoms with Gasteiger partial charge in [-0.15, -0.1) is 0 Å². The van der Waals surface area contributed by atoms with Gasteiger partial charge in [-0.1, -0.05) is 161 Å². The van der Waals surface area contributed by atoms with Gasteiger partial charge in [-0.05, 0) is 38.5 Å². The fourth-order valence-electron chi connectivity index (χ4n) is 7.08. The molecule has 320 valence electrons. The molecule has 1 aliphatic rings. The molecule has 0 aromatic carbocycles. The Morgan fingerprint density at radius 3 is 1.56 bits per heavy atom. The molecule has 0 spiro atoms. The standard InChI is InChI=1S/C43H83NO10/c1-3-5-7-9-11-13-14-15-16-17-18-19-20-21-23-25-27-29-31-36(47)42(52)44-34(33-53-43-41(51)40(50)39(49)37(32-45)54-43)38(48)35(46)30-28-26-24-22-12-10-8-6-4-2/h17-18,34-41,43,45-51H,3-16,19-33H2,1-2H3,(H,44,52)/b18-17-. The molecule has 0 radical (unpaired) electrons. The number of aliphatic hydroxyl groups is 7. The van der Waals surface area contributed by atoms with Gasteiger partial charge in [-0.2, -0.15) is 0 Å². The summed E-state index contributed by atoms with van der Waals surface area (Å²) in [5.74, 6) is -0.703. The maximum atomic E-state index is 13.0. The zero-order valence-electron chi connectivity index (χ0n) is 34.2. The van der Waals surface area contributed by atoms with Crippen molar-refractivity contribution in [3.63, 3.8) is 0 Å². The molecule has 1 saturated heterocycles. The van der Waals surface area contributed by atoms with Gasteiger partial charge in [0.1, 0.15) is 36.6 Å². The first-order chi connectivity index (χ1) is 26.2. The van der Waals surface area contributed by atoms with Crippen molar-refractivity contribution in [2.45, 2.75) is 242 Å². The number of ether oxygens (including phenoxy) is 2. The van der Waals surface area contributed by atoms with Crippen molar-refractivity contribution in [3.05, 3.63) is 12.2 Å². The minimum Gasteiger partial charge on any atom is -0.394 e. The quantitative estimate of drug-likeness (QED) is 0.0258. The van der Waals surface area contributed by atoms with E-state index >= 15 is 0 Å². The Hall–Kier alpha value is -1.15. The summed E-state index contributed by atoms with van der Waals surface area (Å²) in [5.41, 5.74) is 0. The van der Waals surface area contributed by atoms with Crippen LogP contribution in [0.15, 0.2) is 12.2 Å². The zero-order chi connectivity index (χ0) is 39.8. The molecule has 0 aliphatic carbocycles. The van der Waals surface area contributed by atoms with Crippen molar-refractivity contribution < 1.29 is 50.0 Å². The summed E-state index contributed by atoms with van der Waals surface area (Å²) in [6.07, 6.45) is 22.7. The molecule has 1 aliphatic heterocycles. The molecule has 1 amide bonds. The molecule has 11 heteroatoms. The molecule has 1 rings (SSSR count). The lowest BCUT2D eigenvalue weighted by Gasteiger charge is -2.40. The van der Waals surface area contributed by atoms with Crippen molar-refractivity contribution in [3.8, 4) is 0 Å². The highest BCUT2D eigenvalue weighted by Crippen LogP contribution is 2.23. The van der Waals surface area contributed by atoms with Crippen LogP contribution in [0.3, 0.4) is 0 Å². The Kier molecular flexibility index (Phi) is 32.0. The van der Waals surface area contributed by atoms with Gasteiger partial charge in [-0.25, -0.2) is 0 Å². The van der Waals surface area contributed by atoms with Gasteiger partial charge >= 0.3 is 0 Å². The van der Waals surface area contributed by atoms with E-state index < -0.39 is 74.2 Å². The van der Waals surface area contributed by atoms with E-state index in [0.717, 1.165) is 51.4 Å². The number of carbonyl (C=O) groups excluding carboxylic acids is 1. The lowest BCUT2D eigenvalue weighted by molar-refractivity contribution is -0.303. The van der Waals surface area contributed by atoms with Gasteiger partial charge in [0.25, 0.3) is 0 Å². The Balaban J connectivity index is 2.44. The summed E-state index contributed by atoms with van der Waals surface area (Å²) < 4.78 is 11.0. The molecule has 9 atom stereocenters. The minimum absolute atomic E-state index is 0.255. The molecule has 0 aromatic rings. The number of rotatable bonds is 36. The number of allylic oxidation sites excluding steroid dienone is 2.